The van der Waals surface area contributed by atoms with Gasteiger partial charge in [-0.3, -0.25) is 9.69 Å². The zero-order chi connectivity index (χ0) is 20.8. The maximum absolute atomic E-state index is 12.5. The van der Waals surface area contributed by atoms with E-state index in [9.17, 15) is 4.79 Å². The number of hydrogen-bond acceptors (Lipinski definition) is 6. The number of carbonyl (C=O) groups is 1. The maximum atomic E-state index is 12.5. The molecule has 2 heterocycles. The summed E-state index contributed by atoms with van der Waals surface area (Å²) in [4.78, 5) is 15.0. The van der Waals surface area contributed by atoms with Gasteiger partial charge in [-0.15, -0.1) is 10.2 Å². The largest absolute Gasteiger partial charge is 0.497 e. The Hall–Kier alpha value is -2.77. The Balaban J connectivity index is 1.46. The van der Waals surface area contributed by atoms with Crippen molar-refractivity contribution in [2.45, 2.75) is 38.3 Å². The second kappa shape index (κ2) is 9.82. The lowest BCUT2D eigenvalue weighted by Crippen LogP contribution is -2.28. The molecule has 2 aromatic carbocycles. The molecule has 0 aliphatic carbocycles. The first-order valence-electron chi connectivity index (χ1n) is 10.3. The fraction of sp³-hybridized carbons (Fsp3) is 0.348. The first kappa shape index (κ1) is 20.5. The Kier molecular flexibility index (Phi) is 6.71. The van der Waals surface area contributed by atoms with Crippen molar-refractivity contribution in [1.29, 1.82) is 0 Å². The molecular formula is C23H26N4O2S. The van der Waals surface area contributed by atoms with Crippen molar-refractivity contribution in [3.8, 4) is 5.75 Å². The van der Waals surface area contributed by atoms with E-state index in [1.807, 2.05) is 42.5 Å². The predicted molar refractivity (Wildman–Crippen MR) is 119 cm³/mol. The van der Waals surface area contributed by atoms with Crippen LogP contribution in [0, 0.1) is 0 Å². The number of anilines is 1. The lowest BCUT2D eigenvalue weighted by atomic mass is 10.0. The zero-order valence-electron chi connectivity index (χ0n) is 17.1. The lowest BCUT2D eigenvalue weighted by molar-refractivity contribution is 0.102. The summed E-state index contributed by atoms with van der Waals surface area (Å²) in [6.07, 6.45) is 4.75. The van der Waals surface area contributed by atoms with Crippen LogP contribution in [0.2, 0.25) is 0 Å². The molecule has 0 bridgehead atoms. The third-order valence-corrected chi connectivity index (χ3v) is 6.30. The number of rotatable bonds is 6. The van der Waals surface area contributed by atoms with Crippen LogP contribution < -0.4 is 10.1 Å². The summed E-state index contributed by atoms with van der Waals surface area (Å²) in [5.41, 5.74) is 2.05. The van der Waals surface area contributed by atoms with Crippen LogP contribution in [-0.4, -0.2) is 34.7 Å². The number of aromatic nitrogens is 2. The Morgan fingerprint density at radius 2 is 1.90 bits per heavy atom. The average molecular weight is 423 g/mol. The van der Waals surface area contributed by atoms with E-state index in [4.69, 9.17) is 4.74 Å². The number of amides is 1. The van der Waals surface area contributed by atoms with Crippen molar-refractivity contribution in [1.82, 2.24) is 15.1 Å². The molecule has 7 heteroatoms. The molecule has 1 saturated heterocycles. The summed E-state index contributed by atoms with van der Waals surface area (Å²) < 4.78 is 5.30. The Morgan fingerprint density at radius 3 is 2.67 bits per heavy atom. The van der Waals surface area contributed by atoms with Gasteiger partial charge in [-0.25, -0.2) is 0 Å². The first-order valence-corrected chi connectivity index (χ1v) is 11.1. The molecule has 1 amide bonds. The van der Waals surface area contributed by atoms with E-state index in [2.05, 4.69) is 32.5 Å². The van der Waals surface area contributed by atoms with E-state index in [1.165, 1.54) is 36.2 Å². The Morgan fingerprint density at radius 1 is 1.10 bits per heavy atom. The van der Waals surface area contributed by atoms with Gasteiger partial charge in [0, 0.05) is 11.7 Å². The summed E-state index contributed by atoms with van der Waals surface area (Å²) in [5, 5.41) is 12.6. The third kappa shape index (κ3) is 5.04. The van der Waals surface area contributed by atoms with E-state index in [0.29, 0.717) is 17.6 Å². The number of carbonyl (C=O) groups excluding carboxylic acids is 1. The van der Waals surface area contributed by atoms with E-state index in [-0.39, 0.29) is 5.91 Å². The minimum Gasteiger partial charge on any atom is -0.497 e. The number of benzene rings is 2. The molecule has 0 radical (unpaired) electrons. The summed E-state index contributed by atoms with van der Waals surface area (Å²) in [6, 6.07) is 18.1. The SMILES string of the molecule is COc1ccc(C2CCCCCN2Cc2nnc(C(=O)Nc3ccccc3)s2)cc1. The number of hydrogen-bond donors (Lipinski definition) is 1. The quantitative estimate of drug-likeness (QED) is 0.611. The average Bonchev–Trinajstić information content (AvgIpc) is 3.13. The van der Waals surface area contributed by atoms with Crippen molar-refractivity contribution in [3.05, 3.63) is 70.2 Å². The molecule has 1 aromatic heterocycles. The second-order valence-corrected chi connectivity index (χ2v) is 8.49. The minimum absolute atomic E-state index is 0.215. The summed E-state index contributed by atoms with van der Waals surface area (Å²) in [6.45, 7) is 1.72. The highest BCUT2D eigenvalue weighted by Gasteiger charge is 2.24. The number of methoxy groups -OCH3 is 1. The monoisotopic (exact) mass is 422 g/mol. The molecule has 1 unspecified atom stereocenters. The molecule has 3 aromatic rings. The van der Waals surface area contributed by atoms with Gasteiger partial charge >= 0.3 is 0 Å². The van der Waals surface area contributed by atoms with Crippen molar-refractivity contribution in [2.75, 3.05) is 19.0 Å². The van der Waals surface area contributed by atoms with E-state index in [1.54, 1.807) is 7.11 Å². The van der Waals surface area contributed by atoms with Gasteiger partial charge in [-0.1, -0.05) is 54.5 Å². The van der Waals surface area contributed by atoms with E-state index >= 15 is 0 Å². The Bertz CT molecular complexity index is 959. The van der Waals surface area contributed by atoms with Gasteiger partial charge in [0.15, 0.2) is 0 Å². The van der Waals surface area contributed by atoms with Crippen molar-refractivity contribution in [3.63, 3.8) is 0 Å². The van der Waals surface area contributed by atoms with Gasteiger partial charge in [0.1, 0.15) is 10.8 Å². The van der Waals surface area contributed by atoms with Crippen LogP contribution in [0.4, 0.5) is 5.69 Å². The molecule has 4 rings (SSSR count). The van der Waals surface area contributed by atoms with Gasteiger partial charge < -0.3 is 10.1 Å². The molecule has 6 nitrogen and oxygen atoms in total. The van der Waals surface area contributed by atoms with Gasteiger partial charge in [-0.05, 0) is 49.2 Å². The number of nitrogens with zero attached hydrogens (tertiary/aromatic N) is 3. The maximum Gasteiger partial charge on any atom is 0.286 e. The molecule has 0 spiro atoms. The van der Waals surface area contributed by atoms with Crippen LogP contribution in [0.1, 0.15) is 52.1 Å². The topological polar surface area (TPSA) is 67.3 Å². The molecule has 0 saturated carbocycles. The van der Waals surface area contributed by atoms with Crippen LogP contribution >= 0.6 is 11.3 Å². The van der Waals surface area contributed by atoms with Crippen LogP contribution in [-0.2, 0) is 6.54 Å². The highest BCUT2D eigenvalue weighted by molar-refractivity contribution is 7.13. The van der Waals surface area contributed by atoms with Crippen molar-refractivity contribution < 1.29 is 9.53 Å². The van der Waals surface area contributed by atoms with Gasteiger partial charge in [0.25, 0.3) is 5.91 Å². The number of ether oxygens (including phenoxy) is 1. The van der Waals surface area contributed by atoms with Crippen molar-refractivity contribution in [2.24, 2.45) is 0 Å². The fourth-order valence-electron chi connectivity index (χ4n) is 3.85. The first-order chi connectivity index (χ1) is 14.7. The molecule has 1 N–H and O–H groups in total. The molecule has 156 valence electrons. The van der Waals surface area contributed by atoms with Crippen molar-refractivity contribution >= 4 is 22.9 Å². The number of nitrogens with one attached hydrogen (secondary N) is 1. The standard InChI is InChI=1S/C23H26N4O2S/c1-29-19-13-11-17(12-14-19)20-10-6-3-7-15-27(20)16-21-25-26-23(30-21)22(28)24-18-8-4-2-5-9-18/h2,4-5,8-9,11-14,20H,3,6-7,10,15-16H2,1H3,(H,24,28). The lowest BCUT2D eigenvalue weighted by Gasteiger charge is -2.29. The zero-order valence-corrected chi connectivity index (χ0v) is 17.9. The molecule has 30 heavy (non-hydrogen) atoms. The molecule has 1 fully saturated rings. The highest BCUT2D eigenvalue weighted by atomic mass is 32.1. The fourth-order valence-corrected chi connectivity index (χ4v) is 4.61. The normalized spacial score (nSPS) is 17.3. The summed E-state index contributed by atoms with van der Waals surface area (Å²) in [5.74, 6) is 0.657. The number of likely N-dealkylation sites (tertiary alicyclic amines) is 1. The summed E-state index contributed by atoms with van der Waals surface area (Å²) >= 11 is 1.37. The third-order valence-electron chi connectivity index (χ3n) is 5.40. The summed E-state index contributed by atoms with van der Waals surface area (Å²) in [7, 11) is 1.69. The number of para-hydroxylation sites is 1. The molecular weight excluding hydrogens is 396 g/mol. The molecule has 1 atom stereocenters. The van der Waals surface area contributed by atoms with Gasteiger partial charge in [0.05, 0.1) is 13.7 Å². The van der Waals surface area contributed by atoms with Gasteiger partial charge in [0.2, 0.25) is 5.01 Å². The highest BCUT2D eigenvalue weighted by Crippen LogP contribution is 2.32. The molecule has 1 aliphatic heterocycles. The smallest absolute Gasteiger partial charge is 0.286 e. The van der Waals surface area contributed by atoms with E-state index in [0.717, 1.165) is 29.4 Å². The second-order valence-electron chi connectivity index (χ2n) is 7.43. The van der Waals surface area contributed by atoms with Crippen LogP contribution in [0.3, 0.4) is 0 Å². The van der Waals surface area contributed by atoms with Crippen LogP contribution in [0.25, 0.3) is 0 Å². The van der Waals surface area contributed by atoms with Gasteiger partial charge in [-0.2, -0.15) is 0 Å². The van der Waals surface area contributed by atoms with Crippen LogP contribution in [0.5, 0.6) is 5.75 Å². The van der Waals surface area contributed by atoms with Crippen LogP contribution in [0.15, 0.2) is 54.6 Å². The molecule has 1 aliphatic rings. The Labute approximate surface area is 180 Å². The van der Waals surface area contributed by atoms with E-state index < -0.39 is 0 Å². The predicted octanol–water partition coefficient (Wildman–Crippen LogP) is 4.92. The minimum atomic E-state index is -0.215.